The van der Waals surface area contributed by atoms with E-state index in [0.717, 1.165) is 0 Å². The van der Waals surface area contributed by atoms with Gasteiger partial charge in [0.2, 0.25) is 5.76 Å². The zero-order chi connectivity index (χ0) is 14.8. The first kappa shape index (κ1) is 15.1. The standard InChI is InChI=1S/C13H19NO5/c1-8(9-6-7-10(18-9)11(15)16)14(5)12(17)19-13(2,3)4/h6-8H,1-5H3,(H,15,16). The highest BCUT2D eigenvalue weighted by Crippen LogP contribution is 2.23. The second-order valence-electron chi connectivity index (χ2n) is 5.27. The van der Waals surface area contributed by atoms with E-state index in [9.17, 15) is 9.59 Å². The van der Waals surface area contributed by atoms with Gasteiger partial charge in [-0.1, -0.05) is 0 Å². The van der Waals surface area contributed by atoms with Gasteiger partial charge in [0.15, 0.2) is 0 Å². The maximum Gasteiger partial charge on any atom is 0.410 e. The summed E-state index contributed by atoms with van der Waals surface area (Å²) in [5.41, 5.74) is -0.583. The Balaban J connectivity index is 2.78. The van der Waals surface area contributed by atoms with E-state index in [1.165, 1.54) is 17.0 Å². The third-order valence-electron chi connectivity index (χ3n) is 2.51. The first-order chi connectivity index (χ1) is 8.61. The van der Waals surface area contributed by atoms with Crippen LogP contribution in [0.5, 0.6) is 0 Å². The molecule has 1 unspecified atom stereocenters. The van der Waals surface area contributed by atoms with E-state index in [2.05, 4.69) is 0 Å². The molecule has 1 rings (SSSR count). The van der Waals surface area contributed by atoms with Crippen molar-refractivity contribution < 1.29 is 23.8 Å². The van der Waals surface area contributed by atoms with Crippen LogP contribution in [0.2, 0.25) is 0 Å². The summed E-state index contributed by atoms with van der Waals surface area (Å²) in [4.78, 5) is 23.9. The van der Waals surface area contributed by atoms with Crippen LogP contribution >= 0.6 is 0 Å². The van der Waals surface area contributed by atoms with Crippen LogP contribution < -0.4 is 0 Å². The highest BCUT2D eigenvalue weighted by Gasteiger charge is 2.25. The minimum absolute atomic E-state index is 0.153. The number of carboxylic acid groups (broad SMARTS) is 1. The molecule has 0 saturated heterocycles. The maximum atomic E-state index is 11.9. The second kappa shape index (κ2) is 5.34. The summed E-state index contributed by atoms with van der Waals surface area (Å²) in [6, 6.07) is 2.48. The van der Waals surface area contributed by atoms with Crippen LogP contribution in [-0.2, 0) is 4.74 Å². The number of carboxylic acids is 1. The van der Waals surface area contributed by atoms with Crippen molar-refractivity contribution in [3.8, 4) is 0 Å². The van der Waals surface area contributed by atoms with Gasteiger partial charge in [0, 0.05) is 7.05 Å². The highest BCUT2D eigenvalue weighted by molar-refractivity contribution is 5.84. The summed E-state index contributed by atoms with van der Waals surface area (Å²) in [6.07, 6.45) is -0.492. The van der Waals surface area contributed by atoms with Crippen molar-refractivity contribution in [2.45, 2.75) is 39.3 Å². The van der Waals surface area contributed by atoms with Crippen LogP contribution in [0.4, 0.5) is 4.79 Å². The number of furan rings is 1. The largest absolute Gasteiger partial charge is 0.475 e. The van der Waals surface area contributed by atoms with E-state index in [1.54, 1.807) is 34.7 Å². The molecule has 0 fully saturated rings. The molecule has 19 heavy (non-hydrogen) atoms. The van der Waals surface area contributed by atoms with E-state index >= 15 is 0 Å². The van der Waals surface area contributed by atoms with Crippen LogP contribution in [-0.4, -0.2) is 34.7 Å². The lowest BCUT2D eigenvalue weighted by Crippen LogP contribution is -2.35. The van der Waals surface area contributed by atoms with Crippen molar-refractivity contribution in [2.75, 3.05) is 7.05 Å². The molecular formula is C13H19NO5. The molecule has 6 nitrogen and oxygen atoms in total. The Morgan fingerprint density at radius 2 is 1.95 bits per heavy atom. The van der Waals surface area contributed by atoms with Gasteiger partial charge in [-0.25, -0.2) is 9.59 Å². The van der Waals surface area contributed by atoms with E-state index in [4.69, 9.17) is 14.3 Å². The monoisotopic (exact) mass is 269 g/mol. The number of aromatic carboxylic acids is 1. The van der Waals surface area contributed by atoms with Crippen LogP contribution in [0.15, 0.2) is 16.5 Å². The molecule has 1 aromatic rings. The number of rotatable bonds is 3. The van der Waals surface area contributed by atoms with Gasteiger partial charge in [-0.15, -0.1) is 0 Å². The van der Waals surface area contributed by atoms with Crippen LogP contribution in [0.25, 0.3) is 0 Å². The number of hydrogen-bond donors (Lipinski definition) is 1. The Kier molecular flexibility index (Phi) is 4.24. The van der Waals surface area contributed by atoms with E-state index < -0.39 is 23.7 Å². The Labute approximate surface area is 112 Å². The molecule has 0 bridgehead atoms. The van der Waals surface area contributed by atoms with Gasteiger partial charge in [-0.05, 0) is 39.8 Å². The van der Waals surface area contributed by atoms with Crippen LogP contribution in [0, 0.1) is 0 Å². The predicted molar refractivity (Wildman–Crippen MR) is 68.1 cm³/mol. The van der Waals surface area contributed by atoms with E-state index in [-0.39, 0.29) is 5.76 Å². The minimum Gasteiger partial charge on any atom is -0.475 e. The molecule has 1 amide bonds. The Morgan fingerprint density at radius 1 is 1.37 bits per heavy atom. The molecular weight excluding hydrogens is 250 g/mol. The lowest BCUT2D eigenvalue weighted by Gasteiger charge is -2.27. The van der Waals surface area contributed by atoms with Crippen molar-refractivity contribution in [1.82, 2.24) is 4.90 Å². The van der Waals surface area contributed by atoms with Gasteiger partial charge in [-0.2, -0.15) is 0 Å². The molecule has 0 aliphatic heterocycles. The van der Waals surface area contributed by atoms with Crippen molar-refractivity contribution in [1.29, 1.82) is 0 Å². The average Bonchev–Trinajstić information content (AvgIpc) is 2.73. The molecule has 106 valence electrons. The van der Waals surface area contributed by atoms with Crippen LogP contribution in [0.3, 0.4) is 0 Å². The lowest BCUT2D eigenvalue weighted by molar-refractivity contribution is 0.0216. The quantitative estimate of drug-likeness (QED) is 0.912. The number of amides is 1. The first-order valence-corrected chi connectivity index (χ1v) is 5.90. The predicted octanol–water partition coefficient (Wildman–Crippen LogP) is 2.91. The summed E-state index contributed by atoms with van der Waals surface area (Å²) in [5.74, 6) is -0.899. The van der Waals surface area contributed by atoms with Gasteiger partial charge in [0.05, 0.1) is 6.04 Å². The normalized spacial score (nSPS) is 12.9. The average molecular weight is 269 g/mol. The molecule has 0 aromatic carbocycles. The van der Waals surface area contributed by atoms with Gasteiger partial charge >= 0.3 is 12.1 Å². The molecule has 6 heteroatoms. The van der Waals surface area contributed by atoms with Crippen molar-refractivity contribution in [3.05, 3.63) is 23.7 Å². The Bertz CT molecular complexity index is 472. The topological polar surface area (TPSA) is 80.0 Å². The van der Waals surface area contributed by atoms with Crippen LogP contribution in [0.1, 0.15) is 50.1 Å². The molecule has 1 aromatic heterocycles. The Hall–Kier alpha value is -1.98. The zero-order valence-electron chi connectivity index (χ0n) is 11.8. The molecule has 0 saturated carbocycles. The summed E-state index contributed by atoms with van der Waals surface area (Å²) in [7, 11) is 1.57. The third kappa shape index (κ3) is 4.01. The van der Waals surface area contributed by atoms with E-state index in [1.807, 2.05) is 0 Å². The maximum absolute atomic E-state index is 11.9. The molecule has 0 spiro atoms. The third-order valence-corrected chi connectivity index (χ3v) is 2.51. The number of hydrogen-bond acceptors (Lipinski definition) is 4. The summed E-state index contributed by atoms with van der Waals surface area (Å²) in [6.45, 7) is 7.06. The van der Waals surface area contributed by atoms with Crippen molar-refractivity contribution >= 4 is 12.1 Å². The van der Waals surface area contributed by atoms with Crippen molar-refractivity contribution in [3.63, 3.8) is 0 Å². The number of nitrogens with zero attached hydrogens (tertiary/aromatic N) is 1. The summed E-state index contributed by atoms with van der Waals surface area (Å²) < 4.78 is 10.4. The number of carbonyl (C=O) groups is 2. The van der Waals surface area contributed by atoms with Gasteiger partial charge < -0.3 is 19.2 Å². The van der Waals surface area contributed by atoms with Crippen molar-refractivity contribution in [2.24, 2.45) is 0 Å². The fraction of sp³-hybridized carbons (Fsp3) is 0.538. The lowest BCUT2D eigenvalue weighted by atomic mass is 10.2. The minimum atomic E-state index is -1.14. The van der Waals surface area contributed by atoms with E-state index in [0.29, 0.717) is 5.76 Å². The number of carbonyl (C=O) groups excluding carboxylic acids is 1. The molecule has 0 radical (unpaired) electrons. The molecule has 1 N–H and O–H groups in total. The SMILES string of the molecule is CC(c1ccc(C(=O)O)o1)N(C)C(=O)OC(C)(C)C. The summed E-state index contributed by atoms with van der Waals surface area (Å²) in [5, 5.41) is 8.78. The smallest absolute Gasteiger partial charge is 0.410 e. The highest BCUT2D eigenvalue weighted by atomic mass is 16.6. The van der Waals surface area contributed by atoms with Gasteiger partial charge in [-0.3, -0.25) is 0 Å². The molecule has 0 aliphatic carbocycles. The number of ether oxygens (including phenoxy) is 1. The molecule has 0 aliphatic rings. The fourth-order valence-electron chi connectivity index (χ4n) is 1.38. The molecule has 1 atom stereocenters. The second-order valence-corrected chi connectivity index (χ2v) is 5.27. The zero-order valence-corrected chi connectivity index (χ0v) is 11.8. The first-order valence-electron chi connectivity index (χ1n) is 5.90. The molecule has 1 heterocycles. The van der Waals surface area contributed by atoms with Gasteiger partial charge in [0.25, 0.3) is 0 Å². The Morgan fingerprint density at radius 3 is 2.37 bits per heavy atom. The van der Waals surface area contributed by atoms with Gasteiger partial charge in [0.1, 0.15) is 11.4 Å². The fourth-order valence-corrected chi connectivity index (χ4v) is 1.38. The summed E-state index contributed by atoms with van der Waals surface area (Å²) >= 11 is 0.